The number of benzene rings is 2. The Morgan fingerprint density at radius 1 is 0.808 bits per heavy atom. The number of rotatable bonds is 8. The van der Waals surface area contributed by atoms with Gasteiger partial charge in [0.25, 0.3) is 0 Å². The molecule has 26 heavy (non-hydrogen) atoms. The molecule has 0 saturated carbocycles. The number of likely N-dealkylation sites (N-methyl/N-ethyl adjacent to an activating group) is 1. The number of hydrogen-bond donors (Lipinski definition) is 4. The van der Waals surface area contributed by atoms with Crippen molar-refractivity contribution < 1.29 is 4.48 Å². The van der Waals surface area contributed by atoms with Crippen LogP contribution in [0.25, 0.3) is 0 Å². The molecule has 0 aliphatic heterocycles. The predicted octanol–water partition coefficient (Wildman–Crippen LogP) is 4.21. The van der Waals surface area contributed by atoms with Gasteiger partial charge in [0.05, 0.1) is 61.7 Å². The fourth-order valence-corrected chi connectivity index (χ4v) is 2.75. The summed E-state index contributed by atoms with van der Waals surface area (Å²) in [5.41, 5.74) is 14.6. The van der Waals surface area contributed by atoms with Crippen molar-refractivity contribution in [2.75, 3.05) is 62.4 Å². The van der Waals surface area contributed by atoms with Gasteiger partial charge in [-0.25, -0.2) is 0 Å². The second-order valence-electron chi connectivity index (χ2n) is 6.71. The summed E-state index contributed by atoms with van der Waals surface area (Å²) in [4.78, 5) is 0. The van der Waals surface area contributed by atoms with Gasteiger partial charge in [0.15, 0.2) is 0 Å². The van der Waals surface area contributed by atoms with Crippen LogP contribution in [-0.4, -0.2) is 44.8 Å². The van der Waals surface area contributed by atoms with Crippen LogP contribution in [-0.2, 0) is 0 Å². The third-order valence-corrected chi connectivity index (χ3v) is 4.75. The molecule has 0 aliphatic carbocycles. The van der Waals surface area contributed by atoms with Crippen molar-refractivity contribution in [1.29, 1.82) is 0 Å². The van der Waals surface area contributed by atoms with E-state index in [4.69, 9.17) is 34.7 Å². The quantitative estimate of drug-likeness (QED) is 0.305. The molecular formula is C19H29Cl2N5. The molecule has 2 rings (SSSR count). The van der Waals surface area contributed by atoms with Gasteiger partial charge >= 0.3 is 0 Å². The van der Waals surface area contributed by atoms with Crippen LogP contribution in [0.5, 0.6) is 0 Å². The van der Waals surface area contributed by atoms with E-state index >= 15 is 0 Å². The Kier molecular flexibility index (Phi) is 8.34. The van der Waals surface area contributed by atoms with E-state index in [1.807, 2.05) is 36.4 Å². The molecule has 6 N–H and O–H groups in total. The molecule has 0 atom stereocenters. The Hall–Kier alpha value is -1.82. The molecule has 0 amide bonds. The van der Waals surface area contributed by atoms with Crippen molar-refractivity contribution in [3.8, 4) is 0 Å². The highest BCUT2D eigenvalue weighted by Crippen LogP contribution is 2.23. The summed E-state index contributed by atoms with van der Waals surface area (Å²) >= 11 is 12.1. The van der Waals surface area contributed by atoms with Crippen molar-refractivity contribution in [3.63, 3.8) is 0 Å². The van der Waals surface area contributed by atoms with Gasteiger partial charge < -0.3 is 34.0 Å². The fourth-order valence-electron chi connectivity index (χ4n) is 2.39. The van der Waals surface area contributed by atoms with Gasteiger partial charge in [-0.3, -0.25) is 0 Å². The van der Waals surface area contributed by atoms with Gasteiger partial charge in [0.2, 0.25) is 0 Å². The Bertz CT molecular complexity index is 660. The van der Waals surface area contributed by atoms with E-state index < -0.39 is 0 Å². The van der Waals surface area contributed by atoms with Crippen LogP contribution in [0, 0.1) is 7.43 Å². The van der Waals surface area contributed by atoms with Crippen LogP contribution in [0.3, 0.4) is 0 Å². The van der Waals surface area contributed by atoms with E-state index in [1.54, 1.807) is 0 Å². The van der Waals surface area contributed by atoms with E-state index in [-0.39, 0.29) is 7.43 Å². The molecule has 5 nitrogen and oxygen atoms in total. The molecule has 0 bridgehead atoms. The minimum Gasteiger partial charge on any atom is -0.398 e. The monoisotopic (exact) mass is 397 g/mol. The maximum Gasteiger partial charge on any atom is 0.0958 e. The SMILES string of the molecule is C[N+](C)(CCNc1ccc(N)c(Cl)c1)CCNc1ccc(N)c(Cl)c1.[CH3-]. The Morgan fingerprint density at radius 2 is 1.19 bits per heavy atom. The fraction of sp³-hybridized carbons (Fsp3) is 0.316. The van der Waals surface area contributed by atoms with E-state index in [1.165, 1.54) is 0 Å². The van der Waals surface area contributed by atoms with Crippen molar-refractivity contribution >= 4 is 46.0 Å². The Balaban J connectivity index is 0.00000338. The first-order valence-electron chi connectivity index (χ1n) is 8.17. The molecule has 0 saturated heterocycles. The van der Waals surface area contributed by atoms with Gasteiger partial charge in [-0.2, -0.15) is 0 Å². The second kappa shape index (κ2) is 9.76. The number of anilines is 4. The van der Waals surface area contributed by atoms with Crippen molar-refractivity contribution in [2.24, 2.45) is 0 Å². The summed E-state index contributed by atoms with van der Waals surface area (Å²) < 4.78 is 0.880. The second-order valence-corrected chi connectivity index (χ2v) is 7.52. The summed E-state index contributed by atoms with van der Waals surface area (Å²) in [6, 6.07) is 11.2. The zero-order valence-electron chi connectivity index (χ0n) is 15.7. The molecule has 0 unspecified atom stereocenters. The molecule has 0 spiro atoms. The van der Waals surface area contributed by atoms with E-state index in [9.17, 15) is 0 Å². The minimum absolute atomic E-state index is 0. The molecule has 7 heteroatoms. The van der Waals surface area contributed by atoms with Crippen molar-refractivity contribution in [2.45, 2.75) is 0 Å². The highest BCUT2D eigenvalue weighted by molar-refractivity contribution is 6.33. The van der Waals surface area contributed by atoms with Gasteiger partial charge in [-0.05, 0) is 36.4 Å². The molecule has 0 aliphatic rings. The summed E-state index contributed by atoms with van der Waals surface area (Å²) in [6.45, 7) is 3.65. The largest absolute Gasteiger partial charge is 0.398 e. The molecule has 2 aromatic rings. The lowest BCUT2D eigenvalue weighted by atomic mass is 10.2. The Labute approximate surface area is 166 Å². The highest BCUT2D eigenvalue weighted by Gasteiger charge is 2.14. The zero-order valence-corrected chi connectivity index (χ0v) is 17.2. The lowest BCUT2D eigenvalue weighted by molar-refractivity contribution is -0.886. The van der Waals surface area contributed by atoms with Crippen LogP contribution in [0.2, 0.25) is 10.0 Å². The minimum atomic E-state index is 0. The normalized spacial score (nSPS) is 10.9. The van der Waals surface area contributed by atoms with Crippen molar-refractivity contribution in [3.05, 3.63) is 53.9 Å². The van der Waals surface area contributed by atoms with Crippen LogP contribution in [0.1, 0.15) is 0 Å². The summed E-state index contributed by atoms with van der Waals surface area (Å²) in [5.74, 6) is 0. The first-order valence-corrected chi connectivity index (χ1v) is 8.92. The summed E-state index contributed by atoms with van der Waals surface area (Å²) in [7, 11) is 4.41. The van der Waals surface area contributed by atoms with Gasteiger partial charge in [-0.1, -0.05) is 23.2 Å². The molecular weight excluding hydrogens is 369 g/mol. The third kappa shape index (κ3) is 6.83. The summed E-state index contributed by atoms with van der Waals surface area (Å²) in [5, 5.41) is 7.91. The number of nitrogens with two attached hydrogens (primary N) is 2. The van der Waals surface area contributed by atoms with Crippen LogP contribution < -0.4 is 22.1 Å². The third-order valence-electron chi connectivity index (χ3n) is 4.09. The van der Waals surface area contributed by atoms with Crippen LogP contribution in [0.15, 0.2) is 36.4 Å². The lowest BCUT2D eigenvalue weighted by Crippen LogP contribution is -2.46. The first-order chi connectivity index (χ1) is 11.8. The number of nitrogens with one attached hydrogen (secondary N) is 2. The molecule has 0 aromatic heterocycles. The van der Waals surface area contributed by atoms with Crippen LogP contribution >= 0.6 is 23.2 Å². The average molecular weight is 398 g/mol. The molecule has 0 heterocycles. The number of halogens is 2. The Morgan fingerprint density at radius 3 is 1.54 bits per heavy atom. The van der Waals surface area contributed by atoms with E-state index in [0.29, 0.717) is 21.4 Å². The van der Waals surface area contributed by atoms with Crippen molar-refractivity contribution in [1.82, 2.24) is 0 Å². The smallest absolute Gasteiger partial charge is 0.0958 e. The molecule has 0 fully saturated rings. The summed E-state index contributed by atoms with van der Waals surface area (Å²) in [6.07, 6.45) is 0. The topological polar surface area (TPSA) is 76.1 Å². The number of quaternary nitrogens is 1. The average Bonchev–Trinajstić information content (AvgIpc) is 2.54. The zero-order chi connectivity index (χ0) is 18.4. The maximum absolute atomic E-state index is 6.04. The number of nitrogens with zero attached hydrogens (tertiary/aromatic N) is 1. The van der Waals surface area contributed by atoms with E-state index in [0.717, 1.165) is 42.0 Å². The van der Waals surface area contributed by atoms with E-state index in [2.05, 4.69) is 24.7 Å². The predicted molar refractivity (Wildman–Crippen MR) is 117 cm³/mol. The first kappa shape index (κ1) is 22.2. The lowest BCUT2D eigenvalue weighted by Gasteiger charge is -2.30. The number of nitrogen functional groups attached to an aromatic ring is 2. The standard InChI is InChI=1S/C18H26Cl2N5.CH3/c1-25(2,9-7-23-13-3-5-17(21)15(19)11-13)10-8-24-14-4-6-18(22)16(20)12-14;/h3-6,11-12,23-24H,7-10,21-22H2,1-2H3;1H3/q+1;-1. The number of hydrogen-bond acceptors (Lipinski definition) is 4. The molecule has 144 valence electrons. The van der Waals surface area contributed by atoms with Gasteiger partial charge in [0.1, 0.15) is 0 Å². The van der Waals surface area contributed by atoms with Gasteiger partial charge in [-0.15, -0.1) is 0 Å². The van der Waals surface area contributed by atoms with Gasteiger partial charge in [0, 0.05) is 11.4 Å². The molecule has 2 aromatic carbocycles. The molecule has 0 radical (unpaired) electrons. The maximum atomic E-state index is 6.04. The highest BCUT2D eigenvalue weighted by atomic mass is 35.5. The van der Waals surface area contributed by atoms with Crippen LogP contribution in [0.4, 0.5) is 22.7 Å².